The SMILES string of the molecule is C=C/C=C(\C=C)CCc1ccc(-c2ccccc2)cn1.CC.CC. The summed E-state index contributed by atoms with van der Waals surface area (Å²) in [5.74, 6) is 0. The van der Waals surface area contributed by atoms with E-state index < -0.39 is 0 Å². The number of hydrogen-bond acceptors (Lipinski definition) is 1. The zero-order valence-electron chi connectivity index (χ0n) is 15.6. The fourth-order valence-electron chi connectivity index (χ4n) is 2.05. The first-order chi connectivity index (χ1) is 11.8. The molecule has 128 valence electrons. The molecular weight excluding hydrogens is 290 g/mol. The lowest BCUT2D eigenvalue weighted by Crippen LogP contribution is -1.91. The molecule has 0 aliphatic carbocycles. The number of benzene rings is 1. The highest BCUT2D eigenvalue weighted by Gasteiger charge is 2.00. The van der Waals surface area contributed by atoms with Crippen LogP contribution in [0.3, 0.4) is 0 Å². The molecule has 1 nitrogen and oxygen atoms in total. The number of aromatic nitrogens is 1. The van der Waals surface area contributed by atoms with Gasteiger partial charge in [-0.1, -0.05) is 95.5 Å². The lowest BCUT2D eigenvalue weighted by atomic mass is 10.1. The van der Waals surface area contributed by atoms with Crippen molar-refractivity contribution in [1.82, 2.24) is 4.98 Å². The van der Waals surface area contributed by atoms with Gasteiger partial charge in [0.2, 0.25) is 0 Å². The average Bonchev–Trinajstić information content (AvgIpc) is 2.69. The molecule has 2 rings (SSSR count). The van der Waals surface area contributed by atoms with Crippen molar-refractivity contribution in [2.24, 2.45) is 0 Å². The number of hydrogen-bond donors (Lipinski definition) is 0. The van der Waals surface area contributed by atoms with Gasteiger partial charge in [-0.15, -0.1) is 0 Å². The van der Waals surface area contributed by atoms with Crippen LogP contribution in [0, 0.1) is 0 Å². The van der Waals surface area contributed by atoms with Crippen LogP contribution in [-0.2, 0) is 6.42 Å². The van der Waals surface area contributed by atoms with Crippen LogP contribution in [0.1, 0.15) is 39.8 Å². The van der Waals surface area contributed by atoms with E-state index in [1.54, 1.807) is 6.08 Å². The van der Waals surface area contributed by atoms with Gasteiger partial charge in [-0.2, -0.15) is 0 Å². The Kier molecular flexibility index (Phi) is 12.8. The third kappa shape index (κ3) is 7.73. The fourth-order valence-corrected chi connectivity index (χ4v) is 2.05. The smallest absolute Gasteiger partial charge is 0.0407 e. The maximum absolute atomic E-state index is 4.53. The van der Waals surface area contributed by atoms with E-state index in [0.29, 0.717) is 0 Å². The Hall–Kier alpha value is -2.41. The van der Waals surface area contributed by atoms with Crippen LogP contribution in [0.2, 0.25) is 0 Å². The van der Waals surface area contributed by atoms with Gasteiger partial charge in [0.15, 0.2) is 0 Å². The molecule has 0 unspecified atom stereocenters. The minimum Gasteiger partial charge on any atom is -0.261 e. The van der Waals surface area contributed by atoms with E-state index >= 15 is 0 Å². The Bertz CT molecular complexity index is 592. The normalized spacial score (nSPS) is 9.75. The van der Waals surface area contributed by atoms with E-state index in [1.807, 2.05) is 64.2 Å². The van der Waals surface area contributed by atoms with Crippen LogP contribution in [0.15, 0.2) is 85.6 Å². The lowest BCUT2D eigenvalue weighted by molar-refractivity contribution is 0.919. The van der Waals surface area contributed by atoms with Crippen LogP contribution < -0.4 is 0 Å². The van der Waals surface area contributed by atoms with E-state index in [-0.39, 0.29) is 0 Å². The molecular formula is C23H31N. The third-order valence-electron chi connectivity index (χ3n) is 3.20. The molecule has 1 aromatic carbocycles. The van der Waals surface area contributed by atoms with E-state index in [9.17, 15) is 0 Å². The van der Waals surface area contributed by atoms with Crippen molar-refractivity contribution < 1.29 is 0 Å². The first-order valence-electron chi connectivity index (χ1n) is 8.78. The minimum atomic E-state index is 0.917. The summed E-state index contributed by atoms with van der Waals surface area (Å²) < 4.78 is 0. The summed E-state index contributed by atoms with van der Waals surface area (Å²) in [7, 11) is 0. The van der Waals surface area contributed by atoms with Crippen LogP contribution in [0.25, 0.3) is 11.1 Å². The van der Waals surface area contributed by atoms with Gasteiger partial charge in [-0.25, -0.2) is 0 Å². The van der Waals surface area contributed by atoms with Gasteiger partial charge in [-0.3, -0.25) is 4.98 Å². The van der Waals surface area contributed by atoms with E-state index in [4.69, 9.17) is 0 Å². The summed E-state index contributed by atoms with van der Waals surface area (Å²) in [6, 6.07) is 14.5. The maximum atomic E-state index is 4.53. The van der Waals surface area contributed by atoms with Gasteiger partial charge >= 0.3 is 0 Å². The van der Waals surface area contributed by atoms with Gasteiger partial charge in [0.25, 0.3) is 0 Å². The van der Waals surface area contributed by atoms with Gasteiger partial charge in [0.05, 0.1) is 0 Å². The van der Waals surface area contributed by atoms with Crippen molar-refractivity contribution in [2.45, 2.75) is 40.5 Å². The van der Waals surface area contributed by atoms with Crippen molar-refractivity contribution in [3.8, 4) is 11.1 Å². The standard InChI is InChI=1S/C19H19N.2C2H6/c1-3-8-16(4-2)11-13-19-14-12-18(15-20-19)17-9-6-5-7-10-17;2*1-2/h3-10,12,14-15H,1-2,11,13H2;2*1-2H3/b16-8+;;. The zero-order chi connectivity index (χ0) is 18.2. The molecule has 1 heteroatoms. The van der Waals surface area contributed by atoms with Crippen LogP contribution in [-0.4, -0.2) is 4.98 Å². The summed E-state index contributed by atoms with van der Waals surface area (Å²) in [6.45, 7) is 15.5. The van der Waals surface area contributed by atoms with E-state index in [0.717, 1.165) is 24.1 Å². The molecule has 0 amide bonds. The summed E-state index contributed by atoms with van der Waals surface area (Å²) in [6.07, 6.45) is 9.46. The Morgan fingerprint density at radius 1 is 0.917 bits per heavy atom. The highest BCUT2D eigenvalue weighted by Crippen LogP contribution is 2.18. The van der Waals surface area contributed by atoms with Crippen molar-refractivity contribution in [3.63, 3.8) is 0 Å². The summed E-state index contributed by atoms with van der Waals surface area (Å²) in [5.41, 5.74) is 4.64. The first-order valence-corrected chi connectivity index (χ1v) is 8.78. The number of rotatable bonds is 6. The summed E-state index contributed by atoms with van der Waals surface area (Å²) in [4.78, 5) is 4.53. The van der Waals surface area contributed by atoms with Crippen molar-refractivity contribution in [3.05, 3.63) is 91.3 Å². The second-order valence-electron chi connectivity index (χ2n) is 4.59. The molecule has 1 aromatic heterocycles. The predicted molar refractivity (Wildman–Crippen MR) is 109 cm³/mol. The van der Waals surface area contributed by atoms with Crippen molar-refractivity contribution in [1.29, 1.82) is 0 Å². The molecule has 0 spiro atoms. The molecule has 0 radical (unpaired) electrons. The number of allylic oxidation sites excluding steroid dienone is 4. The predicted octanol–water partition coefficient (Wildman–Crippen LogP) is 7.03. The highest BCUT2D eigenvalue weighted by atomic mass is 14.7. The molecule has 2 aromatic rings. The lowest BCUT2D eigenvalue weighted by Gasteiger charge is -2.04. The first kappa shape index (κ1) is 21.6. The van der Waals surface area contributed by atoms with E-state index in [1.165, 1.54) is 11.1 Å². The molecule has 0 atom stereocenters. The molecule has 0 saturated heterocycles. The molecule has 0 bridgehead atoms. The van der Waals surface area contributed by atoms with Gasteiger partial charge in [-0.05, 0) is 30.0 Å². The molecule has 0 saturated carbocycles. The van der Waals surface area contributed by atoms with E-state index in [2.05, 4.69) is 42.4 Å². The average molecular weight is 322 g/mol. The second-order valence-corrected chi connectivity index (χ2v) is 4.59. The Morgan fingerprint density at radius 2 is 1.58 bits per heavy atom. The number of aryl methyl sites for hydroxylation is 1. The van der Waals surface area contributed by atoms with Crippen molar-refractivity contribution in [2.75, 3.05) is 0 Å². The topological polar surface area (TPSA) is 12.9 Å². The molecule has 1 heterocycles. The summed E-state index contributed by atoms with van der Waals surface area (Å²) >= 11 is 0. The van der Waals surface area contributed by atoms with Gasteiger partial charge < -0.3 is 0 Å². The minimum absolute atomic E-state index is 0.917. The maximum Gasteiger partial charge on any atom is 0.0407 e. The van der Waals surface area contributed by atoms with Crippen molar-refractivity contribution >= 4 is 0 Å². The Balaban J connectivity index is 0.00000123. The monoisotopic (exact) mass is 321 g/mol. The molecule has 0 N–H and O–H groups in total. The van der Waals surface area contributed by atoms with Crippen LogP contribution >= 0.6 is 0 Å². The Labute approximate surface area is 148 Å². The molecule has 0 fully saturated rings. The summed E-state index contributed by atoms with van der Waals surface area (Å²) in [5, 5.41) is 0. The van der Waals surface area contributed by atoms with Crippen LogP contribution in [0.4, 0.5) is 0 Å². The fraction of sp³-hybridized carbons (Fsp3) is 0.261. The Morgan fingerprint density at radius 3 is 2.08 bits per heavy atom. The molecule has 24 heavy (non-hydrogen) atoms. The molecule has 0 aliphatic heterocycles. The largest absolute Gasteiger partial charge is 0.261 e. The van der Waals surface area contributed by atoms with Crippen LogP contribution in [0.5, 0.6) is 0 Å². The number of pyridine rings is 1. The second kappa shape index (κ2) is 14.2. The van der Waals surface area contributed by atoms with Gasteiger partial charge in [0, 0.05) is 17.5 Å². The molecule has 0 aliphatic rings. The van der Waals surface area contributed by atoms with Gasteiger partial charge in [0.1, 0.15) is 0 Å². The highest BCUT2D eigenvalue weighted by molar-refractivity contribution is 5.62. The third-order valence-corrected chi connectivity index (χ3v) is 3.20. The number of nitrogens with zero attached hydrogens (tertiary/aromatic N) is 1. The quantitative estimate of drug-likeness (QED) is 0.520. The zero-order valence-corrected chi connectivity index (χ0v) is 15.6.